The molecule has 0 bridgehead atoms. The molecule has 0 saturated carbocycles. The first-order chi connectivity index (χ1) is 17.8. The number of amides is 1. The maximum absolute atomic E-state index is 13.4. The molecule has 1 unspecified atom stereocenters. The van der Waals surface area contributed by atoms with Crippen LogP contribution in [-0.2, 0) is 9.59 Å². The lowest BCUT2D eigenvalue weighted by molar-refractivity contribution is -0.132. The Hall–Kier alpha value is -4.26. The van der Waals surface area contributed by atoms with Crippen molar-refractivity contribution in [2.45, 2.75) is 39.3 Å². The van der Waals surface area contributed by atoms with Crippen molar-refractivity contribution in [2.75, 3.05) is 18.6 Å². The lowest BCUT2D eigenvalue weighted by Gasteiger charge is -2.26. The Morgan fingerprint density at radius 1 is 0.946 bits per heavy atom. The van der Waals surface area contributed by atoms with Crippen molar-refractivity contribution in [3.63, 3.8) is 0 Å². The molecule has 1 fully saturated rings. The van der Waals surface area contributed by atoms with Crippen LogP contribution in [0, 0.1) is 0 Å². The van der Waals surface area contributed by atoms with Gasteiger partial charge in [-0.1, -0.05) is 19.1 Å². The van der Waals surface area contributed by atoms with E-state index in [9.17, 15) is 14.7 Å². The van der Waals surface area contributed by atoms with Gasteiger partial charge in [0.1, 0.15) is 23.0 Å². The van der Waals surface area contributed by atoms with Gasteiger partial charge in [-0.15, -0.1) is 0 Å². The number of methoxy groups -OCH3 is 1. The molecule has 0 aromatic heterocycles. The number of ether oxygens (including phenoxy) is 3. The van der Waals surface area contributed by atoms with Gasteiger partial charge in [-0.05, 0) is 86.5 Å². The van der Waals surface area contributed by atoms with Crippen LogP contribution in [0.2, 0.25) is 0 Å². The van der Waals surface area contributed by atoms with Crippen molar-refractivity contribution < 1.29 is 28.9 Å². The minimum atomic E-state index is -0.861. The maximum atomic E-state index is 13.4. The first kappa shape index (κ1) is 25.8. The number of rotatable bonds is 9. The molecule has 192 valence electrons. The van der Waals surface area contributed by atoms with Gasteiger partial charge in [-0.25, -0.2) is 0 Å². The van der Waals surface area contributed by atoms with Crippen LogP contribution in [0.25, 0.3) is 5.76 Å². The second-order valence-corrected chi connectivity index (χ2v) is 8.98. The van der Waals surface area contributed by atoms with E-state index >= 15 is 0 Å². The van der Waals surface area contributed by atoms with Crippen LogP contribution < -0.4 is 19.1 Å². The molecule has 1 amide bonds. The van der Waals surface area contributed by atoms with Crippen molar-refractivity contribution in [1.82, 2.24) is 0 Å². The first-order valence-electron chi connectivity index (χ1n) is 12.3. The van der Waals surface area contributed by atoms with Crippen LogP contribution in [0.15, 0.2) is 78.4 Å². The molecule has 4 rings (SSSR count). The highest BCUT2D eigenvalue weighted by Gasteiger charge is 2.47. The molecular formula is C30H31NO6. The SMILES string of the molecule is CCCOc1ccc(/C(O)=C2/C(=O)C(=O)N(c3ccc(OC)cc3)C2c2cccc(OC(C)C)c2)cc1. The van der Waals surface area contributed by atoms with Gasteiger partial charge in [0, 0.05) is 11.3 Å². The second-order valence-electron chi connectivity index (χ2n) is 8.98. The zero-order valence-corrected chi connectivity index (χ0v) is 21.4. The largest absolute Gasteiger partial charge is 0.507 e. The molecule has 1 atom stereocenters. The highest BCUT2D eigenvalue weighted by molar-refractivity contribution is 6.51. The third kappa shape index (κ3) is 5.45. The molecule has 0 spiro atoms. The molecular weight excluding hydrogens is 470 g/mol. The van der Waals surface area contributed by atoms with E-state index in [1.54, 1.807) is 67.8 Å². The summed E-state index contributed by atoms with van der Waals surface area (Å²) in [5.41, 5.74) is 1.56. The summed E-state index contributed by atoms with van der Waals surface area (Å²) < 4.78 is 16.7. The molecule has 3 aromatic rings. The third-order valence-corrected chi connectivity index (χ3v) is 5.94. The van der Waals surface area contributed by atoms with Gasteiger partial charge >= 0.3 is 0 Å². The van der Waals surface area contributed by atoms with Gasteiger partial charge in [-0.2, -0.15) is 0 Å². The van der Waals surface area contributed by atoms with Crippen LogP contribution in [0.5, 0.6) is 17.2 Å². The smallest absolute Gasteiger partial charge is 0.300 e. The van der Waals surface area contributed by atoms with Crippen molar-refractivity contribution in [2.24, 2.45) is 0 Å². The van der Waals surface area contributed by atoms with Gasteiger partial charge in [0.05, 0.1) is 31.4 Å². The zero-order valence-electron chi connectivity index (χ0n) is 21.4. The van der Waals surface area contributed by atoms with Crippen LogP contribution >= 0.6 is 0 Å². The van der Waals surface area contributed by atoms with Crippen LogP contribution in [0.3, 0.4) is 0 Å². The fourth-order valence-corrected chi connectivity index (χ4v) is 4.27. The number of hydrogen-bond donors (Lipinski definition) is 1. The summed E-state index contributed by atoms with van der Waals surface area (Å²) in [5.74, 6) is 0.137. The Bertz CT molecular complexity index is 1290. The van der Waals surface area contributed by atoms with Crippen molar-refractivity contribution >= 4 is 23.1 Å². The molecule has 1 aliphatic rings. The topological polar surface area (TPSA) is 85.3 Å². The number of Topliss-reactive ketones (excluding diaryl/α,β-unsaturated/α-hetero) is 1. The predicted molar refractivity (Wildman–Crippen MR) is 142 cm³/mol. The Morgan fingerprint density at radius 2 is 1.62 bits per heavy atom. The van der Waals surface area contributed by atoms with E-state index in [0.29, 0.717) is 40.7 Å². The highest BCUT2D eigenvalue weighted by Crippen LogP contribution is 2.43. The van der Waals surface area contributed by atoms with Gasteiger partial charge in [0.2, 0.25) is 0 Å². The van der Waals surface area contributed by atoms with Gasteiger partial charge in [-0.3, -0.25) is 14.5 Å². The van der Waals surface area contributed by atoms with Crippen molar-refractivity contribution in [1.29, 1.82) is 0 Å². The number of nitrogens with zero attached hydrogens (tertiary/aromatic N) is 1. The molecule has 37 heavy (non-hydrogen) atoms. The molecule has 0 radical (unpaired) electrons. The fourth-order valence-electron chi connectivity index (χ4n) is 4.27. The molecule has 1 aliphatic heterocycles. The standard InChI is InChI=1S/C30H31NO6/c1-5-17-36-24-13-9-20(10-14-24)28(32)26-27(21-7-6-8-25(18-21)37-19(2)3)31(30(34)29(26)33)22-11-15-23(35-4)16-12-22/h6-16,18-19,27,32H,5,17H2,1-4H3/b28-26-. The quantitative estimate of drug-likeness (QED) is 0.223. The summed E-state index contributed by atoms with van der Waals surface area (Å²) in [5, 5.41) is 11.4. The van der Waals surface area contributed by atoms with Crippen LogP contribution in [0.1, 0.15) is 44.4 Å². The lowest BCUT2D eigenvalue weighted by Crippen LogP contribution is -2.29. The highest BCUT2D eigenvalue weighted by atomic mass is 16.5. The second kappa shape index (κ2) is 11.2. The van der Waals surface area contributed by atoms with Crippen LogP contribution in [-0.4, -0.2) is 36.6 Å². The molecule has 7 heteroatoms. The summed E-state index contributed by atoms with van der Waals surface area (Å²) in [6.07, 6.45) is 0.812. The van der Waals surface area contributed by atoms with Gasteiger partial charge < -0.3 is 19.3 Å². The number of carbonyl (C=O) groups is 2. The average Bonchev–Trinajstić information content (AvgIpc) is 3.17. The maximum Gasteiger partial charge on any atom is 0.300 e. The third-order valence-electron chi connectivity index (χ3n) is 5.94. The van der Waals surface area contributed by atoms with E-state index in [1.165, 1.54) is 4.90 Å². The number of hydrogen-bond acceptors (Lipinski definition) is 6. The molecule has 1 saturated heterocycles. The summed E-state index contributed by atoms with van der Waals surface area (Å²) in [4.78, 5) is 28.2. The lowest BCUT2D eigenvalue weighted by atomic mass is 9.95. The normalized spacial score (nSPS) is 16.8. The first-order valence-corrected chi connectivity index (χ1v) is 12.3. The number of anilines is 1. The molecule has 1 N–H and O–H groups in total. The minimum Gasteiger partial charge on any atom is -0.507 e. The Morgan fingerprint density at radius 3 is 2.24 bits per heavy atom. The zero-order chi connectivity index (χ0) is 26.5. The van der Waals surface area contributed by atoms with E-state index in [-0.39, 0.29) is 17.4 Å². The van der Waals surface area contributed by atoms with E-state index in [1.807, 2.05) is 32.9 Å². The minimum absolute atomic E-state index is 0.00439. The molecule has 7 nitrogen and oxygen atoms in total. The number of ketones is 1. The van der Waals surface area contributed by atoms with E-state index < -0.39 is 17.7 Å². The Kier molecular flexibility index (Phi) is 7.82. The van der Waals surface area contributed by atoms with Crippen molar-refractivity contribution in [3.05, 3.63) is 89.5 Å². The van der Waals surface area contributed by atoms with E-state index in [4.69, 9.17) is 14.2 Å². The van der Waals surface area contributed by atoms with Crippen LogP contribution in [0.4, 0.5) is 5.69 Å². The molecule has 1 heterocycles. The summed E-state index contributed by atoms with van der Waals surface area (Å²) in [6, 6.07) is 20.1. The predicted octanol–water partition coefficient (Wildman–Crippen LogP) is 5.90. The van der Waals surface area contributed by atoms with E-state index in [0.717, 1.165) is 6.42 Å². The molecule has 3 aromatic carbocycles. The number of benzene rings is 3. The average molecular weight is 502 g/mol. The van der Waals surface area contributed by atoms with Crippen molar-refractivity contribution in [3.8, 4) is 17.2 Å². The monoisotopic (exact) mass is 501 g/mol. The summed E-state index contributed by atoms with van der Waals surface area (Å²) in [6.45, 7) is 6.43. The number of carbonyl (C=O) groups excluding carboxylic acids is 2. The number of aliphatic hydroxyl groups is 1. The fraction of sp³-hybridized carbons (Fsp3) is 0.267. The number of aliphatic hydroxyl groups excluding tert-OH is 1. The van der Waals surface area contributed by atoms with Gasteiger partial charge in [0.15, 0.2) is 0 Å². The van der Waals surface area contributed by atoms with E-state index in [2.05, 4.69) is 0 Å². The summed E-state index contributed by atoms with van der Waals surface area (Å²) >= 11 is 0. The summed E-state index contributed by atoms with van der Waals surface area (Å²) in [7, 11) is 1.56. The Labute approximate surface area is 216 Å². The molecule has 0 aliphatic carbocycles. The van der Waals surface area contributed by atoms with Gasteiger partial charge in [0.25, 0.3) is 11.7 Å². The Balaban J connectivity index is 1.84.